The van der Waals surface area contributed by atoms with E-state index >= 15 is 0 Å². The van der Waals surface area contributed by atoms with Crippen molar-refractivity contribution in [3.8, 4) is 0 Å². The molecule has 0 aliphatic carbocycles. The number of nitrogens with one attached hydrogen (secondary N) is 2. The van der Waals surface area contributed by atoms with Gasteiger partial charge in [0.2, 0.25) is 0 Å². The van der Waals surface area contributed by atoms with E-state index in [1.54, 1.807) is 30.3 Å². The van der Waals surface area contributed by atoms with Gasteiger partial charge in [0.25, 0.3) is 5.91 Å². The molecule has 1 amide bonds. The van der Waals surface area contributed by atoms with E-state index in [0.29, 0.717) is 15.3 Å². The average molecular weight is 524 g/mol. The number of fused-ring (bicyclic) bond motifs is 1. The third-order valence-electron chi connectivity index (χ3n) is 4.98. The predicted molar refractivity (Wildman–Crippen MR) is 119 cm³/mol. The molecular formula is C20H13Cl4F3N4O. The lowest BCUT2D eigenvalue weighted by Crippen LogP contribution is -2.35. The molecule has 4 rings (SSSR count). The number of amides is 1. The van der Waals surface area contributed by atoms with Crippen molar-refractivity contribution in [2.24, 2.45) is 0 Å². The zero-order valence-electron chi connectivity index (χ0n) is 15.9. The third kappa shape index (κ3) is 4.37. The van der Waals surface area contributed by atoms with Crippen LogP contribution in [0.15, 0.2) is 42.5 Å². The molecule has 168 valence electrons. The van der Waals surface area contributed by atoms with Gasteiger partial charge in [-0.15, -0.1) is 0 Å². The number of aromatic nitrogens is 2. The smallest absolute Gasteiger partial charge is 0.362 e. The maximum atomic E-state index is 13.9. The monoisotopic (exact) mass is 522 g/mol. The van der Waals surface area contributed by atoms with Gasteiger partial charge >= 0.3 is 6.18 Å². The molecule has 0 fully saturated rings. The summed E-state index contributed by atoms with van der Waals surface area (Å²) in [5.41, 5.74) is 0.291. The number of hydrogen-bond donors (Lipinski definition) is 2. The van der Waals surface area contributed by atoms with Crippen molar-refractivity contribution >= 4 is 63.8 Å². The summed E-state index contributed by atoms with van der Waals surface area (Å²) in [5, 5.41) is 9.81. The Balaban J connectivity index is 1.72. The van der Waals surface area contributed by atoms with Crippen LogP contribution in [-0.2, 0) is 0 Å². The van der Waals surface area contributed by atoms with Crippen LogP contribution < -0.4 is 10.6 Å². The van der Waals surface area contributed by atoms with E-state index < -0.39 is 29.9 Å². The van der Waals surface area contributed by atoms with Gasteiger partial charge in [0.1, 0.15) is 10.8 Å². The first-order valence-electron chi connectivity index (χ1n) is 9.18. The van der Waals surface area contributed by atoms with Gasteiger partial charge in [-0.25, -0.2) is 4.68 Å². The van der Waals surface area contributed by atoms with E-state index in [0.717, 1.165) is 0 Å². The van der Waals surface area contributed by atoms with E-state index in [4.69, 9.17) is 46.4 Å². The molecule has 0 saturated carbocycles. The van der Waals surface area contributed by atoms with Crippen LogP contribution in [0.1, 0.15) is 34.6 Å². The Hall–Kier alpha value is -2.13. The van der Waals surface area contributed by atoms with Gasteiger partial charge in [-0.1, -0.05) is 64.6 Å². The van der Waals surface area contributed by atoms with Gasteiger partial charge in [0.05, 0.1) is 21.8 Å². The Morgan fingerprint density at radius 2 is 1.69 bits per heavy atom. The second-order valence-corrected chi connectivity index (χ2v) is 8.68. The summed E-state index contributed by atoms with van der Waals surface area (Å²) in [6.07, 6.45) is -4.98. The molecule has 0 bridgehead atoms. The zero-order chi connectivity index (χ0) is 23.2. The Labute approximate surface area is 200 Å². The summed E-state index contributed by atoms with van der Waals surface area (Å²) < 4.78 is 42.3. The first kappa shape index (κ1) is 23.0. The molecule has 12 heteroatoms. The third-order valence-corrected chi connectivity index (χ3v) is 6.22. The van der Waals surface area contributed by atoms with Crippen LogP contribution in [-0.4, -0.2) is 21.9 Å². The molecule has 3 aromatic rings. The van der Waals surface area contributed by atoms with Gasteiger partial charge in [-0.2, -0.15) is 18.3 Å². The minimum absolute atomic E-state index is 0.0993. The highest BCUT2D eigenvalue weighted by Crippen LogP contribution is 2.46. The van der Waals surface area contributed by atoms with Gasteiger partial charge in [-0.05, 0) is 29.8 Å². The number of rotatable bonds is 3. The second kappa shape index (κ2) is 8.67. The highest BCUT2D eigenvalue weighted by atomic mass is 35.5. The number of alkyl halides is 3. The molecule has 1 aliphatic heterocycles. The summed E-state index contributed by atoms with van der Waals surface area (Å²) >= 11 is 24.3. The molecule has 2 atom stereocenters. The van der Waals surface area contributed by atoms with E-state index in [2.05, 4.69) is 15.7 Å². The van der Waals surface area contributed by atoms with Crippen LogP contribution in [0.2, 0.25) is 20.1 Å². The van der Waals surface area contributed by atoms with E-state index in [1.807, 2.05) is 0 Å². The molecular weight excluding hydrogens is 511 g/mol. The molecule has 1 aliphatic rings. The Morgan fingerprint density at radius 1 is 1.06 bits per heavy atom. The number of halogens is 7. The molecule has 32 heavy (non-hydrogen) atoms. The second-order valence-electron chi connectivity index (χ2n) is 7.05. The molecule has 5 nitrogen and oxygen atoms in total. The molecule has 0 radical (unpaired) electrons. The van der Waals surface area contributed by atoms with E-state index in [1.165, 1.54) is 12.1 Å². The quantitative estimate of drug-likeness (QED) is 0.375. The normalized spacial score (nSPS) is 18.1. The maximum absolute atomic E-state index is 13.9. The van der Waals surface area contributed by atoms with Crippen molar-refractivity contribution in [2.75, 3.05) is 10.6 Å². The summed E-state index contributed by atoms with van der Waals surface area (Å²) in [5.74, 6) is -0.965. The van der Waals surface area contributed by atoms with Crippen molar-refractivity contribution in [1.29, 1.82) is 0 Å². The first-order valence-corrected chi connectivity index (χ1v) is 10.7. The standard InChI is InChI=1S/C20H13Cl4F3N4O/c21-10-6-4-9(5-7-10)13-8-14(20(25,26)27)31-18(28-13)15(24)17(30-31)19(32)29-16-11(22)2-1-3-12(16)23/h1-7,13-14,28H,8H2,(H,29,32)/t13-,14+/m1/s1. The van der Waals surface area contributed by atoms with Crippen LogP contribution >= 0.6 is 46.4 Å². The largest absolute Gasteiger partial charge is 0.410 e. The lowest BCUT2D eigenvalue weighted by molar-refractivity contribution is -0.173. The summed E-state index contributed by atoms with van der Waals surface area (Å²) in [6.45, 7) is 0. The lowest BCUT2D eigenvalue weighted by Gasteiger charge is -2.33. The number of benzene rings is 2. The molecule has 2 N–H and O–H groups in total. The Bertz CT molecular complexity index is 1160. The van der Waals surface area contributed by atoms with Gasteiger partial charge in [-0.3, -0.25) is 4.79 Å². The molecule has 0 spiro atoms. The highest BCUT2D eigenvalue weighted by molar-refractivity contribution is 6.40. The van der Waals surface area contributed by atoms with Crippen LogP contribution in [0.3, 0.4) is 0 Å². The number of carbonyl (C=O) groups excluding carboxylic acids is 1. The Kier molecular flexibility index (Phi) is 6.24. The summed E-state index contributed by atoms with van der Waals surface area (Å²) in [4.78, 5) is 12.8. The molecule has 0 saturated heterocycles. The Morgan fingerprint density at radius 3 is 2.28 bits per heavy atom. The van der Waals surface area contributed by atoms with Crippen molar-refractivity contribution in [2.45, 2.75) is 24.7 Å². The first-order chi connectivity index (χ1) is 15.1. The van der Waals surface area contributed by atoms with E-state index in [-0.39, 0.29) is 33.0 Å². The fourth-order valence-corrected chi connectivity index (χ4v) is 4.32. The maximum Gasteiger partial charge on any atom is 0.410 e. The topological polar surface area (TPSA) is 59.0 Å². The number of nitrogens with zero attached hydrogens (tertiary/aromatic N) is 2. The molecule has 0 unspecified atom stereocenters. The fraction of sp³-hybridized carbons (Fsp3) is 0.200. The van der Waals surface area contributed by atoms with Crippen molar-refractivity contribution in [3.63, 3.8) is 0 Å². The van der Waals surface area contributed by atoms with Gasteiger partial charge < -0.3 is 10.6 Å². The van der Waals surface area contributed by atoms with Crippen molar-refractivity contribution in [3.05, 3.63) is 73.8 Å². The molecule has 2 heterocycles. The van der Waals surface area contributed by atoms with Crippen molar-refractivity contribution < 1.29 is 18.0 Å². The average Bonchev–Trinajstić information content (AvgIpc) is 3.06. The van der Waals surface area contributed by atoms with Gasteiger partial charge in [0, 0.05) is 11.4 Å². The fourth-order valence-electron chi connectivity index (χ4n) is 3.44. The van der Waals surface area contributed by atoms with Crippen LogP contribution in [0, 0.1) is 0 Å². The van der Waals surface area contributed by atoms with E-state index in [9.17, 15) is 18.0 Å². The molecule has 2 aromatic carbocycles. The van der Waals surface area contributed by atoms with Crippen LogP contribution in [0.5, 0.6) is 0 Å². The summed E-state index contributed by atoms with van der Waals surface area (Å²) in [6, 6.07) is 8.28. The SMILES string of the molecule is O=C(Nc1c(Cl)cccc1Cl)c1nn2c(c1Cl)N[C@@H](c1ccc(Cl)cc1)C[C@H]2C(F)(F)F. The van der Waals surface area contributed by atoms with Crippen LogP contribution in [0.4, 0.5) is 24.7 Å². The molecule has 1 aromatic heterocycles. The number of anilines is 2. The number of para-hydroxylation sites is 1. The van der Waals surface area contributed by atoms with Crippen molar-refractivity contribution in [1.82, 2.24) is 9.78 Å². The number of carbonyl (C=O) groups is 1. The highest BCUT2D eigenvalue weighted by Gasteiger charge is 2.47. The van der Waals surface area contributed by atoms with Crippen LogP contribution in [0.25, 0.3) is 0 Å². The summed E-state index contributed by atoms with van der Waals surface area (Å²) in [7, 11) is 0. The predicted octanol–water partition coefficient (Wildman–Crippen LogP) is 7.41. The zero-order valence-corrected chi connectivity index (χ0v) is 18.9. The minimum atomic E-state index is -4.63. The number of hydrogen-bond acceptors (Lipinski definition) is 3. The van der Waals surface area contributed by atoms with Gasteiger partial charge in [0.15, 0.2) is 11.7 Å². The lowest BCUT2D eigenvalue weighted by atomic mass is 9.97. The minimum Gasteiger partial charge on any atom is -0.362 e.